The largest absolute Gasteiger partial charge is 0.364 e. The standard InChI is InChI=1S/C8H8N4O2S/c1-5-6(4-14-11-5)2-8(13)10-7-3-9-15-12-7/h3-4H,2H2,1H3,(H,10,12,13). The predicted octanol–water partition coefficient (Wildman–Crippen LogP) is 1.02. The van der Waals surface area contributed by atoms with Gasteiger partial charge in [0.2, 0.25) is 5.91 Å². The maximum absolute atomic E-state index is 11.5. The van der Waals surface area contributed by atoms with E-state index in [4.69, 9.17) is 4.52 Å². The molecule has 0 saturated heterocycles. The number of aryl methyl sites for hydroxylation is 1. The highest BCUT2D eigenvalue weighted by Gasteiger charge is 2.09. The Bertz CT molecular complexity index is 451. The van der Waals surface area contributed by atoms with Gasteiger partial charge in [-0.15, -0.1) is 0 Å². The first-order valence-electron chi connectivity index (χ1n) is 4.23. The van der Waals surface area contributed by atoms with Gasteiger partial charge in [0.25, 0.3) is 0 Å². The van der Waals surface area contributed by atoms with E-state index in [2.05, 4.69) is 19.2 Å². The molecule has 1 N–H and O–H groups in total. The fourth-order valence-electron chi connectivity index (χ4n) is 1.06. The number of amides is 1. The van der Waals surface area contributed by atoms with Crippen molar-refractivity contribution in [3.05, 3.63) is 23.7 Å². The van der Waals surface area contributed by atoms with Gasteiger partial charge in [-0.1, -0.05) is 5.16 Å². The van der Waals surface area contributed by atoms with Gasteiger partial charge < -0.3 is 9.84 Å². The zero-order valence-corrected chi connectivity index (χ0v) is 8.74. The molecule has 2 heterocycles. The van der Waals surface area contributed by atoms with Gasteiger partial charge in [-0.3, -0.25) is 4.79 Å². The molecule has 0 aliphatic rings. The molecular formula is C8H8N4O2S. The molecule has 0 fully saturated rings. The third kappa shape index (κ3) is 2.38. The van der Waals surface area contributed by atoms with Crippen LogP contribution in [0.25, 0.3) is 0 Å². The first-order chi connectivity index (χ1) is 7.25. The number of nitrogens with zero attached hydrogens (tertiary/aromatic N) is 3. The average Bonchev–Trinajstić information content (AvgIpc) is 2.79. The van der Waals surface area contributed by atoms with Crippen LogP contribution in [-0.4, -0.2) is 19.8 Å². The van der Waals surface area contributed by atoms with Gasteiger partial charge in [0, 0.05) is 5.56 Å². The summed E-state index contributed by atoms with van der Waals surface area (Å²) in [6, 6.07) is 0. The maximum atomic E-state index is 11.5. The highest BCUT2D eigenvalue weighted by atomic mass is 32.1. The van der Waals surface area contributed by atoms with E-state index >= 15 is 0 Å². The van der Waals surface area contributed by atoms with Crippen molar-refractivity contribution in [3.8, 4) is 0 Å². The first-order valence-corrected chi connectivity index (χ1v) is 4.96. The zero-order chi connectivity index (χ0) is 10.7. The molecule has 1 amide bonds. The summed E-state index contributed by atoms with van der Waals surface area (Å²) in [6.45, 7) is 1.79. The Hall–Kier alpha value is -1.76. The lowest BCUT2D eigenvalue weighted by atomic mass is 10.2. The molecule has 78 valence electrons. The van der Waals surface area contributed by atoms with Gasteiger partial charge >= 0.3 is 0 Å². The fraction of sp³-hybridized carbons (Fsp3) is 0.250. The van der Waals surface area contributed by atoms with Crippen LogP contribution in [-0.2, 0) is 11.2 Å². The second-order valence-corrected chi connectivity index (χ2v) is 3.50. The van der Waals surface area contributed by atoms with Gasteiger partial charge in [0.1, 0.15) is 6.26 Å². The molecule has 0 aromatic carbocycles. The zero-order valence-electron chi connectivity index (χ0n) is 7.93. The lowest BCUT2D eigenvalue weighted by molar-refractivity contribution is -0.115. The van der Waals surface area contributed by atoms with Crippen LogP contribution in [0.15, 0.2) is 17.0 Å². The fourth-order valence-corrected chi connectivity index (χ4v) is 1.44. The Morgan fingerprint density at radius 2 is 2.53 bits per heavy atom. The average molecular weight is 224 g/mol. The minimum absolute atomic E-state index is 0.158. The quantitative estimate of drug-likeness (QED) is 0.841. The normalized spacial score (nSPS) is 10.2. The molecule has 15 heavy (non-hydrogen) atoms. The highest BCUT2D eigenvalue weighted by molar-refractivity contribution is 6.99. The predicted molar refractivity (Wildman–Crippen MR) is 53.5 cm³/mol. The number of carbonyl (C=O) groups excluding carboxylic acids is 1. The van der Waals surface area contributed by atoms with Gasteiger partial charge in [-0.25, -0.2) is 0 Å². The SMILES string of the molecule is Cc1nocc1CC(=O)Nc1cnsn1. The van der Waals surface area contributed by atoms with Crippen molar-refractivity contribution >= 4 is 23.5 Å². The topological polar surface area (TPSA) is 80.9 Å². The summed E-state index contributed by atoms with van der Waals surface area (Å²) in [4.78, 5) is 11.5. The number of rotatable bonds is 3. The van der Waals surface area contributed by atoms with E-state index < -0.39 is 0 Å². The van der Waals surface area contributed by atoms with Crippen LogP contribution in [0.5, 0.6) is 0 Å². The molecule has 2 aromatic heterocycles. The number of hydrogen-bond acceptors (Lipinski definition) is 6. The van der Waals surface area contributed by atoms with Crippen molar-refractivity contribution in [3.63, 3.8) is 0 Å². The Labute approximate surface area is 89.6 Å². The van der Waals surface area contributed by atoms with Crippen LogP contribution >= 0.6 is 11.7 Å². The third-order valence-electron chi connectivity index (χ3n) is 1.83. The van der Waals surface area contributed by atoms with Gasteiger partial charge in [0.15, 0.2) is 5.82 Å². The van der Waals surface area contributed by atoms with E-state index in [0.29, 0.717) is 5.82 Å². The van der Waals surface area contributed by atoms with Crippen LogP contribution in [0.4, 0.5) is 5.82 Å². The van der Waals surface area contributed by atoms with E-state index in [9.17, 15) is 4.79 Å². The number of hydrogen-bond donors (Lipinski definition) is 1. The summed E-state index contributed by atoms with van der Waals surface area (Å²) in [5.41, 5.74) is 1.50. The Morgan fingerprint density at radius 3 is 3.13 bits per heavy atom. The molecule has 0 radical (unpaired) electrons. The first kappa shape index (κ1) is 9.78. The molecule has 0 saturated carbocycles. The second-order valence-electron chi connectivity index (χ2n) is 2.94. The molecule has 0 aliphatic carbocycles. The summed E-state index contributed by atoms with van der Waals surface area (Å²) >= 11 is 1.05. The Morgan fingerprint density at radius 1 is 1.67 bits per heavy atom. The third-order valence-corrected chi connectivity index (χ3v) is 2.31. The smallest absolute Gasteiger partial charge is 0.230 e. The molecular weight excluding hydrogens is 216 g/mol. The van der Waals surface area contributed by atoms with E-state index in [1.165, 1.54) is 12.5 Å². The molecule has 0 aliphatic heterocycles. The minimum Gasteiger partial charge on any atom is -0.364 e. The summed E-state index contributed by atoms with van der Waals surface area (Å²) < 4.78 is 12.4. The molecule has 7 heteroatoms. The summed E-state index contributed by atoms with van der Waals surface area (Å²) in [6.07, 6.45) is 3.20. The molecule has 2 rings (SSSR count). The van der Waals surface area contributed by atoms with Gasteiger partial charge in [0.05, 0.1) is 30.0 Å². The number of carbonyl (C=O) groups is 1. The molecule has 0 spiro atoms. The van der Waals surface area contributed by atoms with E-state index in [1.807, 2.05) is 0 Å². The molecule has 0 atom stereocenters. The Balaban J connectivity index is 1.96. The van der Waals surface area contributed by atoms with Crippen molar-refractivity contribution in [1.82, 2.24) is 13.9 Å². The highest BCUT2D eigenvalue weighted by Crippen LogP contribution is 2.08. The number of nitrogens with one attached hydrogen (secondary N) is 1. The van der Waals surface area contributed by atoms with Crippen molar-refractivity contribution in [2.75, 3.05) is 5.32 Å². The van der Waals surface area contributed by atoms with Gasteiger partial charge in [-0.2, -0.15) is 8.75 Å². The number of anilines is 1. The van der Waals surface area contributed by atoms with E-state index in [-0.39, 0.29) is 12.3 Å². The molecule has 2 aromatic rings. The minimum atomic E-state index is -0.158. The lowest BCUT2D eigenvalue weighted by Gasteiger charge is -1.98. The van der Waals surface area contributed by atoms with Crippen molar-refractivity contribution in [2.24, 2.45) is 0 Å². The number of aromatic nitrogens is 3. The van der Waals surface area contributed by atoms with E-state index in [0.717, 1.165) is 23.0 Å². The molecule has 0 bridgehead atoms. The molecule has 6 nitrogen and oxygen atoms in total. The van der Waals surface area contributed by atoms with Crippen LogP contribution < -0.4 is 5.32 Å². The van der Waals surface area contributed by atoms with Crippen LogP contribution in [0.2, 0.25) is 0 Å². The lowest BCUT2D eigenvalue weighted by Crippen LogP contribution is -2.14. The van der Waals surface area contributed by atoms with Crippen molar-refractivity contribution < 1.29 is 9.32 Å². The summed E-state index contributed by atoms with van der Waals surface area (Å²) in [7, 11) is 0. The molecule has 0 unspecified atom stereocenters. The van der Waals surface area contributed by atoms with E-state index in [1.54, 1.807) is 6.92 Å². The maximum Gasteiger partial charge on any atom is 0.230 e. The van der Waals surface area contributed by atoms with Crippen LogP contribution in [0.3, 0.4) is 0 Å². The van der Waals surface area contributed by atoms with Gasteiger partial charge in [-0.05, 0) is 6.92 Å². The van der Waals surface area contributed by atoms with Crippen molar-refractivity contribution in [1.29, 1.82) is 0 Å². The summed E-state index contributed by atoms with van der Waals surface area (Å²) in [5, 5.41) is 6.30. The van der Waals surface area contributed by atoms with Crippen LogP contribution in [0.1, 0.15) is 11.3 Å². The second kappa shape index (κ2) is 4.18. The Kier molecular flexibility index (Phi) is 2.72. The monoisotopic (exact) mass is 224 g/mol. The summed E-state index contributed by atoms with van der Waals surface area (Å²) in [5.74, 6) is 0.313. The van der Waals surface area contributed by atoms with Crippen LogP contribution in [0, 0.1) is 6.92 Å². The van der Waals surface area contributed by atoms with Crippen molar-refractivity contribution in [2.45, 2.75) is 13.3 Å².